The molecule has 1 rings (SSSR count). The fourth-order valence-electron chi connectivity index (χ4n) is 0.954. The topological polar surface area (TPSA) is 12.0 Å². The van der Waals surface area contributed by atoms with E-state index in [-0.39, 0.29) is 0 Å². The molecule has 1 nitrogen and oxygen atoms in total. The van der Waals surface area contributed by atoms with Crippen molar-refractivity contribution in [3.8, 4) is 0 Å². The molecule has 56 valence electrons. The largest absolute Gasteiger partial charge is 0.319 e. The average molecular weight is 145 g/mol. The molecule has 1 N–H and O–H groups in total. The van der Waals surface area contributed by atoms with E-state index in [0.717, 1.165) is 18.4 Å². The van der Waals surface area contributed by atoms with Crippen molar-refractivity contribution < 1.29 is 0 Å². The Balaban J connectivity index is 2.52. The SMILES string of the molecule is [B]c1ccc(CCNC)cc1. The molecule has 0 aliphatic carbocycles. The minimum absolute atomic E-state index is 0.832. The number of benzene rings is 1. The van der Waals surface area contributed by atoms with Gasteiger partial charge in [-0.05, 0) is 25.6 Å². The zero-order valence-electron chi connectivity index (χ0n) is 6.80. The lowest BCUT2D eigenvalue weighted by molar-refractivity contribution is 0.792. The van der Waals surface area contributed by atoms with Crippen molar-refractivity contribution in [2.75, 3.05) is 13.6 Å². The van der Waals surface area contributed by atoms with E-state index in [2.05, 4.69) is 17.4 Å². The van der Waals surface area contributed by atoms with Crippen molar-refractivity contribution in [3.63, 3.8) is 0 Å². The monoisotopic (exact) mass is 145 g/mol. The van der Waals surface area contributed by atoms with Gasteiger partial charge in [-0.1, -0.05) is 29.7 Å². The van der Waals surface area contributed by atoms with Gasteiger partial charge in [-0.3, -0.25) is 0 Å². The maximum Gasteiger partial charge on any atom is 0.113 e. The fourth-order valence-corrected chi connectivity index (χ4v) is 0.954. The van der Waals surface area contributed by atoms with Crippen LogP contribution in [-0.2, 0) is 6.42 Å². The molecule has 0 bridgehead atoms. The highest BCUT2D eigenvalue weighted by atomic mass is 14.8. The molecule has 1 aromatic rings. The summed E-state index contributed by atoms with van der Waals surface area (Å²) < 4.78 is 0. The summed E-state index contributed by atoms with van der Waals surface area (Å²) in [6, 6.07) is 8.00. The molecular formula is C9H12BN. The molecule has 0 aliphatic rings. The number of nitrogens with one attached hydrogen (secondary N) is 1. The van der Waals surface area contributed by atoms with Gasteiger partial charge in [0, 0.05) is 0 Å². The summed E-state index contributed by atoms with van der Waals surface area (Å²) in [6.07, 6.45) is 1.07. The summed E-state index contributed by atoms with van der Waals surface area (Å²) in [5.41, 5.74) is 2.16. The highest BCUT2D eigenvalue weighted by Gasteiger charge is 1.89. The Bertz CT molecular complexity index is 205. The zero-order valence-corrected chi connectivity index (χ0v) is 6.80. The van der Waals surface area contributed by atoms with Crippen molar-refractivity contribution in [2.24, 2.45) is 0 Å². The zero-order chi connectivity index (χ0) is 8.10. The number of rotatable bonds is 3. The van der Waals surface area contributed by atoms with Crippen molar-refractivity contribution in [3.05, 3.63) is 29.8 Å². The smallest absolute Gasteiger partial charge is 0.113 e. The molecular weight excluding hydrogens is 133 g/mol. The Labute approximate surface area is 69.2 Å². The van der Waals surface area contributed by atoms with Crippen LogP contribution in [-0.4, -0.2) is 21.4 Å². The van der Waals surface area contributed by atoms with Gasteiger partial charge in [0.05, 0.1) is 0 Å². The molecule has 0 fully saturated rings. The summed E-state index contributed by atoms with van der Waals surface area (Å²) in [5, 5.41) is 3.10. The first-order valence-corrected chi connectivity index (χ1v) is 3.82. The van der Waals surface area contributed by atoms with E-state index < -0.39 is 0 Å². The maximum atomic E-state index is 5.54. The van der Waals surface area contributed by atoms with Crippen LogP contribution in [0.4, 0.5) is 0 Å². The summed E-state index contributed by atoms with van der Waals surface area (Å²) in [6.45, 7) is 1.02. The van der Waals surface area contributed by atoms with Crippen LogP contribution in [0.3, 0.4) is 0 Å². The number of hydrogen-bond donors (Lipinski definition) is 1. The molecule has 0 aromatic heterocycles. The van der Waals surface area contributed by atoms with Gasteiger partial charge < -0.3 is 5.32 Å². The summed E-state index contributed by atoms with van der Waals surface area (Å²) in [5.74, 6) is 0. The first-order chi connectivity index (χ1) is 5.33. The minimum atomic E-state index is 0.832. The van der Waals surface area contributed by atoms with E-state index in [1.54, 1.807) is 0 Å². The third-order valence-corrected chi connectivity index (χ3v) is 1.64. The third kappa shape index (κ3) is 2.77. The summed E-state index contributed by atoms with van der Waals surface area (Å²) >= 11 is 0. The van der Waals surface area contributed by atoms with Crippen LogP contribution in [0.1, 0.15) is 5.56 Å². The second-order valence-electron chi connectivity index (χ2n) is 2.60. The van der Waals surface area contributed by atoms with Crippen molar-refractivity contribution >= 4 is 13.3 Å². The first-order valence-electron chi connectivity index (χ1n) is 3.82. The molecule has 0 aliphatic heterocycles. The molecule has 2 heteroatoms. The second-order valence-corrected chi connectivity index (χ2v) is 2.60. The van der Waals surface area contributed by atoms with E-state index in [9.17, 15) is 0 Å². The van der Waals surface area contributed by atoms with Crippen LogP contribution in [0.25, 0.3) is 0 Å². The molecule has 1 aromatic carbocycles. The quantitative estimate of drug-likeness (QED) is 0.601. The molecule has 2 radical (unpaired) electrons. The van der Waals surface area contributed by atoms with Crippen molar-refractivity contribution in [2.45, 2.75) is 6.42 Å². The van der Waals surface area contributed by atoms with Crippen LogP contribution in [0, 0.1) is 0 Å². The van der Waals surface area contributed by atoms with Crippen LogP contribution >= 0.6 is 0 Å². The lowest BCUT2D eigenvalue weighted by Gasteiger charge is -2.00. The molecule has 0 amide bonds. The van der Waals surface area contributed by atoms with Crippen LogP contribution in [0.2, 0.25) is 0 Å². The van der Waals surface area contributed by atoms with E-state index in [1.807, 2.05) is 19.2 Å². The Kier molecular flexibility index (Phi) is 3.18. The van der Waals surface area contributed by atoms with Gasteiger partial charge in [-0.15, -0.1) is 0 Å². The van der Waals surface area contributed by atoms with E-state index in [1.165, 1.54) is 5.56 Å². The molecule has 0 unspecified atom stereocenters. The number of likely N-dealkylation sites (N-methyl/N-ethyl adjacent to an activating group) is 1. The van der Waals surface area contributed by atoms with E-state index in [4.69, 9.17) is 7.85 Å². The Morgan fingerprint density at radius 1 is 1.27 bits per heavy atom. The standard InChI is InChI=1S/C9H12BN/c1-11-7-6-8-2-4-9(10)5-3-8/h2-5,11H,6-7H2,1H3. The second kappa shape index (κ2) is 4.19. The van der Waals surface area contributed by atoms with Gasteiger partial charge >= 0.3 is 0 Å². The van der Waals surface area contributed by atoms with Gasteiger partial charge in [0.1, 0.15) is 7.85 Å². The van der Waals surface area contributed by atoms with Gasteiger partial charge in [-0.25, -0.2) is 0 Å². The molecule has 0 saturated carbocycles. The fraction of sp³-hybridized carbons (Fsp3) is 0.333. The summed E-state index contributed by atoms with van der Waals surface area (Å²) in [4.78, 5) is 0. The van der Waals surface area contributed by atoms with Crippen molar-refractivity contribution in [1.82, 2.24) is 5.32 Å². The van der Waals surface area contributed by atoms with Gasteiger partial charge in [0.25, 0.3) is 0 Å². The highest BCUT2D eigenvalue weighted by Crippen LogP contribution is 1.95. The number of hydrogen-bond acceptors (Lipinski definition) is 1. The molecule has 0 saturated heterocycles. The molecule has 0 heterocycles. The van der Waals surface area contributed by atoms with Crippen molar-refractivity contribution in [1.29, 1.82) is 0 Å². The Hall–Kier alpha value is -0.755. The maximum absolute atomic E-state index is 5.54. The molecule has 11 heavy (non-hydrogen) atoms. The van der Waals surface area contributed by atoms with Crippen LogP contribution in [0.5, 0.6) is 0 Å². The predicted octanol–water partition coefficient (Wildman–Crippen LogP) is 0.242. The Morgan fingerprint density at radius 2 is 1.91 bits per heavy atom. The van der Waals surface area contributed by atoms with Gasteiger partial charge in [-0.2, -0.15) is 0 Å². The molecule has 0 spiro atoms. The van der Waals surface area contributed by atoms with Crippen LogP contribution < -0.4 is 10.8 Å². The molecule has 0 atom stereocenters. The van der Waals surface area contributed by atoms with Crippen LogP contribution in [0.15, 0.2) is 24.3 Å². The van der Waals surface area contributed by atoms with Gasteiger partial charge in [0.2, 0.25) is 0 Å². The lowest BCUT2D eigenvalue weighted by atomic mass is 9.95. The summed E-state index contributed by atoms with van der Waals surface area (Å²) in [7, 11) is 7.50. The minimum Gasteiger partial charge on any atom is -0.319 e. The normalized spacial score (nSPS) is 9.91. The van der Waals surface area contributed by atoms with E-state index in [0.29, 0.717) is 0 Å². The average Bonchev–Trinajstić information content (AvgIpc) is 2.04. The highest BCUT2D eigenvalue weighted by molar-refractivity contribution is 6.32. The first kappa shape index (κ1) is 8.34. The third-order valence-electron chi connectivity index (χ3n) is 1.64. The predicted molar refractivity (Wildman–Crippen MR) is 49.5 cm³/mol. The Morgan fingerprint density at radius 3 is 2.45 bits per heavy atom. The lowest BCUT2D eigenvalue weighted by Crippen LogP contribution is -2.11. The van der Waals surface area contributed by atoms with Gasteiger partial charge in [0.15, 0.2) is 0 Å². The van der Waals surface area contributed by atoms with E-state index >= 15 is 0 Å².